The van der Waals surface area contributed by atoms with Crippen molar-refractivity contribution in [1.29, 1.82) is 0 Å². The molecule has 1 N–H and O–H groups in total. The van der Waals surface area contributed by atoms with Crippen LogP contribution in [0.5, 0.6) is 0 Å². The maximum absolute atomic E-state index is 13.0. The van der Waals surface area contributed by atoms with E-state index in [0.717, 1.165) is 28.5 Å². The molecule has 2 amide bonds. The van der Waals surface area contributed by atoms with E-state index in [0.29, 0.717) is 43.4 Å². The topological polar surface area (TPSA) is 93.0 Å². The van der Waals surface area contributed by atoms with Gasteiger partial charge < -0.3 is 10.2 Å². The average Bonchev–Trinajstić information content (AvgIpc) is 3.39. The van der Waals surface area contributed by atoms with Crippen LogP contribution in [-0.4, -0.2) is 43.0 Å². The van der Waals surface area contributed by atoms with E-state index in [4.69, 9.17) is 0 Å². The second-order valence-corrected chi connectivity index (χ2v) is 9.19. The van der Waals surface area contributed by atoms with Gasteiger partial charge in [0.2, 0.25) is 0 Å². The Morgan fingerprint density at radius 1 is 1.29 bits per heavy atom. The zero-order valence-corrected chi connectivity index (χ0v) is 18.2. The fourth-order valence-electron chi connectivity index (χ4n) is 3.92. The number of aryl methyl sites for hydroxylation is 1. The highest BCUT2D eigenvalue weighted by Gasteiger charge is 2.33. The monoisotopic (exact) mass is 436 g/mol. The van der Waals surface area contributed by atoms with Gasteiger partial charge >= 0.3 is 0 Å². The normalized spacial score (nSPS) is 15.6. The van der Waals surface area contributed by atoms with Crippen LogP contribution in [0.4, 0.5) is 0 Å². The number of amides is 2. The van der Waals surface area contributed by atoms with Crippen molar-refractivity contribution in [3.05, 3.63) is 63.1 Å². The lowest BCUT2D eigenvalue weighted by molar-refractivity contribution is 0.0725. The van der Waals surface area contributed by atoms with Gasteiger partial charge in [0.15, 0.2) is 5.69 Å². The quantitative estimate of drug-likeness (QED) is 0.641. The molecule has 8 nitrogen and oxygen atoms in total. The predicted molar refractivity (Wildman–Crippen MR) is 116 cm³/mol. The molecule has 9 heteroatoms. The van der Waals surface area contributed by atoms with Gasteiger partial charge in [-0.1, -0.05) is 6.07 Å². The highest BCUT2D eigenvalue weighted by atomic mass is 32.1. The van der Waals surface area contributed by atoms with E-state index < -0.39 is 0 Å². The summed E-state index contributed by atoms with van der Waals surface area (Å²) in [7, 11) is 0. The molecule has 0 bridgehead atoms. The van der Waals surface area contributed by atoms with Crippen LogP contribution in [-0.2, 0) is 26.1 Å². The first-order chi connectivity index (χ1) is 15.1. The number of fused-ring (bicyclic) bond motifs is 1. The molecule has 31 heavy (non-hydrogen) atoms. The number of carbonyl (C=O) groups excluding carboxylic acids is 2. The number of rotatable bonds is 6. The van der Waals surface area contributed by atoms with Crippen LogP contribution in [0.25, 0.3) is 0 Å². The fourth-order valence-corrected chi connectivity index (χ4v) is 4.51. The van der Waals surface area contributed by atoms with Crippen molar-refractivity contribution in [2.75, 3.05) is 6.54 Å². The molecule has 1 saturated carbocycles. The Bertz CT molecular complexity index is 1120. The molecule has 2 aliphatic rings. The molecule has 0 radical (unpaired) electrons. The van der Waals surface area contributed by atoms with Crippen molar-refractivity contribution >= 4 is 23.2 Å². The number of carbonyl (C=O) groups is 2. The Morgan fingerprint density at radius 3 is 2.87 bits per heavy atom. The largest absolute Gasteiger partial charge is 0.345 e. The molecule has 160 valence electrons. The van der Waals surface area contributed by atoms with E-state index in [1.807, 2.05) is 29.8 Å². The third kappa shape index (κ3) is 4.23. The number of aromatic nitrogens is 4. The summed E-state index contributed by atoms with van der Waals surface area (Å²) >= 11 is 1.47. The molecule has 1 aliphatic heterocycles. The molecular weight excluding hydrogens is 412 g/mol. The minimum Gasteiger partial charge on any atom is -0.345 e. The smallest absolute Gasteiger partial charge is 0.273 e. The Balaban J connectivity index is 1.38. The first-order valence-corrected chi connectivity index (χ1v) is 11.4. The minimum atomic E-state index is -0.227. The second-order valence-electron chi connectivity index (χ2n) is 8.13. The van der Waals surface area contributed by atoms with Gasteiger partial charge in [-0.15, -0.1) is 11.3 Å². The van der Waals surface area contributed by atoms with E-state index in [9.17, 15) is 9.59 Å². The van der Waals surface area contributed by atoms with Crippen molar-refractivity contribution < 1.29 is 9.59 Å². The summed E-state index contributed by atoms with van der Waals surface area (Å²) in [5, 5.41) is 10.3. The van der Waals surface area contributed by atoms with Crippen LogP contribution < -0.4 is 5.32 Å². The molecule has 5 rings (SSSR count). The zero-order chi connectivity index (χ0) is 21.4. The summed E-state index contributed by atoms with van der Waals surface area (Å²) < 4.78 is 2.00. The number of nitrogens with one attached hydrogen (secondary N) is 1. The van der Waals surface area contributed by atoms with Gasteiger partial charge in [-0.2, -0.15) is 5.10 Å². The lowest BCUT2D eigenvalue weighted by Gasteiger charge is -2.27. The maximum Gasteiger partial charge on any atom is 0.273 e. The SMILES string of the molecule is Cc1nc(C(=O)N2CCc3c(c(C(=O)NCc4ccccn4)nn3CC3CC3)C2)cs1. The Kier molecular flexibility index (Phi) is 5.27. The number of hydrogen-bond donors (Lipinski definition) is 1. The molecule has 0 spiro atoms. The van der Waals surface area contributed by atoms with Crippen molar-refractivity contribution in [3.63, 3.8) is 0 Å². The number of nitrogens with zero attached hydrogens (tertiary/aromatic N) is 5. The lowest BCUT2D eigenvalue weighted by atomic mass is 10.0. The molecule has 3 aromatic rings. The van der Waals surface area contributed by atoms with Crippen LogP contribution in [0.1, 0.15) is 55.8 Å². The third-order valence-corrected chi connectivity index (χ3v) is 6.53. The molecule has 4 heterocycles. The molecule has 0 atom stereocenters. The Morgan fingerprint density at radius 2 is 2.16 bits per heavy atom. The average molecular weight is 437 g/mol. The molecule has 0 unspecified atom stereocenters. The fraction of sp³-hybridized carbons (Fsp3) is 0.409. The van der Waals surface area contributed by atoms with Gasteiger partial charge in [-0.05, 0) is 37.8 Å². The second kappa shape index (κ2) is 8.22. The molecule has 0 saturated heterocycles. The first kappa shape index (κ1) is 19.9. The van der Waals surface area contributed by atoms with Crippen LogP contribution in [0, 0.1) is 12.8 Å². The lowest BCUT2D eigenvalue weighted by Crippen LogP contribution is -2.37. The van der Waals surface area contributed by atoms with Crippen molar-refractivity contribution in [1.82, 2.24) is 30.0 Å². The molecular formula is C22H24N6O2S. The van der Waals surface area contributed by atoms with E-state index >= 15 is 0 Å². The summed E-state index contributed by atoms with van der Waals surface area (Å²) in [6.07, 6.45) is 4.82. The maximum atomic E-state index is 13.0. The van der Waals surface area contributed by atoms with Crippen LogP contribution >= 0.6 is 11.3 Å². The summed E-state index contributed by atoms with van der Waals surface area (Å²) in [5.74, 6) is 0.325. The van der Waals surface area contributed by atoms with Gasteiger partial charge in [0, 0.05) is 42.3 Å². The number of thiazole rings is 1. The Hall–Kier alpha value is -3.07. The van der Waals surface area contributed by atoms with Crippen LogP contribution in [0.2, 0.25) is 0 Å². The van der Waals surface area contributed by atoms with Crippen LogP contribution in [0.15, 0.2) is 29.8 Å². The predicted octanol–water partition coefficient (Wildman–Crippen LogP) is 2.58. The Labute approximate surface area is 184 Å². The molecule has 1 fully saturated rings. The highest BCUT2D eigenvalue weighted by Crippen LogP contribution is 2.33. The van der Waals surface area contributed by atoms with Crippen molar-refractivity contribution in [2.24, 2.45) is 5.92 Å². The minimum absolute atomic E-state index is 0.0928. The summed E-state index contributed by atoms with van der Waals surface area (Å²) in [4.78, 5) is 36.3. The first-order valence-electron chi connectivity index (χ1n) is 10.6. The number of hydrogen-bond acceptors (Lipinski definition) is 6. The van der Waals surface area contributed by atoms with E-state index in [2.05, 4.69) is 20.4 Å². The van der Waals surface area contributed by atoms with Crippen molar-refractivity contribution in [3.8, 4) is 0 Å². The van der Waals surface area contributed by atoms with Gasteiger partial charge in [0.25, 0.3) is 11.8 Å². The zero-order valence-electron chi connectivity index (χ0n) is 17.4. The van der Waals surface area contributed by atoms with Gasteiger partial charge in [-0.3, -0.25) is 19.3 Å². The van der Waals surface area contributed by atoms with Crippen LogP contribution in [0.3, 0.4) is 0 Å². The van der Waals surface area contributed by atoms with Gasteiger partial charge in [0.1, 0.15) is 5.69 Å². The summed E-state index contributed by atoms with van der Waals surface area (Å²) in [5.41, 5.74) is 3.60. The van der Waals surface area contributed by atoms with E-state index in [1.54, 1.807) is 16.5 Å². The van der Waals surface area contributed by atoms with E-state index in [1.165, 1.54) is 24.2 Å². The molecule has 3 aromatic heterocycles. The molecule has 1 aliphatic carbocycles. The van der Waals surface area contributed by atoms with Crippen molar-refractivity contribution in [2.45, 2.75) is 45.8 Å². The summed E-state index contributed by atoms with van der Waals surface area (Å²) in [6, 6.07) is 5.61. The summed E-state index contributed by atoms with van der Waals surface area (Å²) in [6.45, 7) is 4.05. The van der Waals surface area contributed by atoms with E-state index in [-0.39, 0.29) is 11.8 Å². The highest BCUT2D eigenvalue weighted by molar-refractivity contribution is 7.09. The third-order valence-electron chi connectivity index (χ3n) is 5.76. The van der Waals surface area contributed by atoms with Gasteiger partial charge in [-0.25, -0.2) is 4.98 Å². The number of pyridine rings is 1. The standard InChI is InChI=1S/C22H24N6O2S/c1-14-25-18(13-31-14)22(30)27-9-7-19-17(12-27)20(26-28(19)11-15-5-6-15)21(29)24-10-16-4-2-3-8-23-16/h2-4,8,13,15H,5-7,9-12H2,1H3,(H,24,29). The molecule has 0 aromatic carbocycles. The van der Waals surface area contributed by atoms with Gasteiger partial charge in [0.05, 0.1) is 23.8 Å².